The summed E-state index contributed by atoms with van der Waals surface area (Å²) >= 11 is 0. The number of ether oxygens (including phenoxy) is 1. The second kappa shape index (κ2) is 3.73. The van der Waals surface area contributed by atoms with Crippen LogP contribution < -0.4 is 9.47 Å². The lowest BCUT2D eigenvalue weighted by Crippen LogP contribution is -2.32. The van der Waals surface area contributed by atoms with Crippen molar-refractivity contribution < 1.29 is 9.47 Å². The topological polar surface area (TPSA) is 36.2 Å². The lowest BCUT2D eigenvalue weighted by Gasteiger charge is -2.28. The second-order valence-corrected chi connectivity index (χ2v) is 5.71. The van der Waals surface area contributed by atoms with Gasteiger partial charge in [0.2, 0.25) is 5.52 Å². The Balaban J connectivity index is 2.33. The number of fused-ring (bicyclic) bond motifs is 2. The van der Waals surface area contributed by atoms with E-state index in [2.05, 4.69) is 0 Å². The molecular formula is C16H17NO2. The number of rotatable bonds is 0. The molecule has 0 bridgehead atoms. The third-order valence-electron chi connectivity index (χ3n) is 3.55. The Bertz CT molecular complexity index is 714. The third kappa shape index (κ3) is 1.86. The summed E-state index contributed by atoms with van der Waals surface area (Å²) in [5, 5.41) is 13.1. The molecule has 1 aromatic carbocycles. The number of nitrogens with zero attached hydrogens (tertiary/aromatic N) is 1. The first-order valence-corrected chi connectivity index (χ1v) is 6.43. The Hall–Kier alpha value is -2.03. The minimum Gasteiger partial charge on any atom is -0.618 e. The molecule has 0 radical (unpaired) electrons. The molecule has 0 saturated carbocycles. The zero-order chi connectivity index (χ0) is 13.8. The first-order chi connectivity index (χ1) is 8.87. The Morgan fingerprint density at radius 1 is 1.16 bits per heavy atom. The zero-order valence-electron chi connectivity index (χ0n) is 11.7. The summed E-state index contributed by atoms with van der Waals surface area (Å²) in [5.74, 6) is 0.840. The highest BCUT2D eigenvalue weighted by molar-refractivity contribution is 5.85. The largest absolute Gasteiger partial charge is 0.618 e. The molecule has 3 nitrogen and oxygen atoms in total. The average molecular weight is 255 g/mol. The van der Waals surface area contributed by atoms with Crippen LogP contribution in [-0.4, -0.2) is 5.60 Å². The fourth-order valence-corrected chi connectivity index (χ4v) is 2.53. The molecule has 2 aromatic rings. The van der Waals surface area contributed by atoms with Crippen LogP contribution in [-0.2, 0) is 0 Å². The molecule has 1 aliphatic rings. The summed E-state index contributed by atoms with van der Waals surface area (Å²) < 4.78 is 6.94. The van der Waals surface area contributed by atoms with Gasteiger partial charge in [-0.05, 0) is 38.5 Å². The fraction of sp³-hybridized carbons (Fsp3) is 0.312. The molecular weight excluding hydrogens is 238 g/mol. The van der Waals surface area contributed by atoms with E-state index < -0.39 is 0 Å². The maximum Gasteiger partial charge on any atom is 0.225 e. The van der Waals surface area contributed by atoms with Crippen molar-refractivity contribution in [2.75, 3.05) is 0 Å². The number of benzene rings is 1. The Morgan fingerprint density at radius 2 is 1.89 bits per heavy atom. The number of aromatic nitrogens is 1. The van der Waals surface area contributed by atoms with Gasteiger partial charge in [-0.1, -0.05) is 6.08 Å². The van der Waals surface area contributed by atoms with E-state index in [9.17, 15) is 5.21 Å². The fourth-order valence-electron chi connectivity index (χ4n) is 2.53. The Morgan fingerprint density at radius 3 is 2.63 bits per heavy atom. The maximum absolute atomic E-state index is 12.1. The van der Waals surface area contributed by atoms with Crippen LogP contribution in [0.25, 0.3) is 17.0 Å². The molecule has 0 saturated heterocycles. The van der Waals surface area contributed by atoms with Gasteiger partial charge in [-0.3, -0.25) is 0 Å². The van der Waals surface area contributed by atoms with E-state index in [1.807, 2.05) is 58.0 Å². The quantitative estimate of drug-likeness (QED) is 0.535. The zero-order valence-corrected chi connectivity index (χ0v) is 11.7. The number of hydrogen-bond donors (Lipinski definition) is 0. The van der Waals surface area contributed by atoms with Crippen LogP contribution >= 0.6 is 0 Å². The normalized spacial score (nSPS) is 16.2. The number of aryl methyl sites for hydroxylation is 2. The van der Waals surface area contributed by atoms with Crippen molar-refractivity contribution in [3.8, 4) is 5.75 Å². The molecule has 0 fully saturated rings. The highest BCUT2D eigenvalue weighted by Crippen LogP contribution is 2.34. The summed E-state index contributed by atoms with van der Waals surface area (Å²) in [6.07, 6.45) is 4.04. The van der Waals surface area contributed by atoms with Crippen LogP contribution in [0.5, 0.6) is 5.75 Å². The van der Waals surface area contributed by atoms with Gasteiger partial charge in [0.15, 0.2) is 5.69 Å². The molecule has 0 amide bonds. The molecule has 98 valence electrons. The molecule has 0 N–H and O–H groups in total. The van der Waals surface area contributed by atoms with Crippen LogP contribution in [0.3, 0.4) is 0 Å². The van der Waals surface area contributed by atoms with Crippen molar-refractivity contribution in [1.29, 1.82) is 0 Å². The molecule has 1 aliphatic heterocycles. The van der Waals surface area contributed by atoms with E-state index >= 15 is 0 Å². The van der Waals surface area contributed by atoms with Gasteiger partial charge in [-0.15, -0.1) is 0 Å². The molecule has 0 unspecified atom stereocenters. The second-order valence-electron chi connectivity index (χ2n) is 5.71. The summed E-state index contributed by atoms with van der Waals surface area (Å²) in [4.78, 5) is 0. The number of hydrogen-bond acceptors (Lipinski definition) is 2. The molecule has 3 rings (SSSR count). The summed E-state index contributed by atoms with van der Waals surface area (Å²) in [6, 6.07) is 5.79. The predicted molar refractivity (Wildman–Crippen MR) is 76.1 cm³/mol. The van der Waals surface area contributed by atoms with E-state index in [0.29, 0.717) is 11.2 Å². The van der Waals surface area contributed by atoms with E-state index in [4.69, 9.17) is 4.74 Å². The van der Waals surface area contributed by atoms with Gasteiger partial charge in [0.1, 0.15) is 11.4 Å². The van der Waals surface area contributed by atoms with Crippen molar-refractivity contribution in [2.24, 2.45) is 0 Å². The minimum absolute atomic E-state index is 0.299. The van der Waals surface area contributed by atoms with Crippen LogP contribution in [0.2, 0.25) is 0 Å². The van der Waals surface area contributed by atoms with E-state index in [-0.39, 0.29) is 5.60 Å². The SMILES string of the molecule is Cc1cc(C)[n+]([O-])c2cc3c(cc12)OC(C)(C)C=C3. The maximum atomic E-state index is 12.1. The van der Waals surface area contributed by atoms with Crippen LogP contribution in [0.1, 0.15) is 30.7 Å². The standard InChI is InChI=1S/C16H17NO2/c1-10-7-11(2)17(18)14-8-12-5-6-16(3,4)19-15(12)9-13(10)14/h5-9H,1-4H3. The van der Waals surface area contributed by atoms with Gasteiger partial charge in [0, 0.05) is 24.6 Å². The van der Waals surface area contributed by atoms with Crippen molar-refractivity contribution in [3.05, 3.63) is 46.3 Å². The molecule has 0 aliphatic carbocycles. The highest BCUT2D eigenvalue weighted by Gasteiger charge is 2.23. The van der Waals surface area contributed by atoms with Crippen LogP contribution in [0.15, 0.2) is 24.3 Å². The smallest absolute Gasteiger partial charge is 0.225 e. The van der Waals surface area contributed by atoms with Crippen molar-refractivity contribution >= 4 is 17.0 Å². The summed E-state index contributed by atoms with van der Waals surface area (Å²) in [7, 11) is 0. The minimum atomic E-state index is -0.299. The predicted octanol–water partition coefficient (Wildman–Crippen LogP) is 3.27. The molecule has 1 aromatic heterocycles. The van der Waals surface area contributed by atoms with Gasteiger partial charge in [0.25, 0.3) is 0 Å². The number of pyridine rings is 1. The van der Waals surface area contributed by atoms with Gasteiger partial charge in [-0.2, -0.15) is 4.73 Å². The highest BCUT2D eigenvalue weighted by atomic mass is 16.5. The molecule has 19 heavy (non-hydrogen) atoms. The van der Waals surface area contributed by atoms with Crippen molar-refractivity contribution in [3.63, 3.8) is 0 Å². The molecule has 0 spiro atoms. The van der Waals surface area contributed by atoms with Crippen molar-refractivity contribution in [1.82, 2.24) is 0 Å². The molecule has 3 heteroatoms. The van der Waals surface area contributed by atoms with Gasteiger partial charge in [0.05, 0.1) is 5.39 Å². The molecule has 2 heterocycles. The lowest BCUT2D eigenvalue weighted by molar-refractivity contribution is -0.584. The Kier molecular flexibility index (Phi) is 2.36. The first-order valence-electron chi connectivity index (χ1n) is 6.43. The van der Waals surface area contributed by atoms with E-state index in [0.717, 1.165) is 27.0 Å². The summed E-state index contributed by atoms with van der Waals surface area (Å²) in [6.45, 7) is 7.89. The Labute approximate surface area is 112 Å². The van der Waals surface area contributed by atoms with Crippen molar-refractivity contribution in [2.45, 2.75) is 33.3 Å². The van der Waals surface area contributed by atoms with E-state index in [1.165, 1.54) is 0 Å². The van der Waals surface area contributed by atoms with Gasteiger partial charge >= 0.3 is 0 Å². The van der Waals surface area contributed by atoms with Gasteiger partial charge in [-0.25, -0.2) is 0 Å². The van der Waals surface area contributed by atoms with Crippen LogP contribution in [0, 0.1) is 19.1 Å². The average Bonchev–Trinajstić information content (AvgIpc) is 2.33. The van der Waals surface area contributed by atoms with Crippen LogP contribution in [0.4, 0.5) is 0 Å². The molecule has 0 atom stereocenters. The monoisotopic (exact) mass is 255 g/mol. The summed E-state index contributed by atoms with van der Waals surface area (Å²) in [5.41, 5.74) is 3.17. The van der Waals surface area contributed by atoms with E-state index in [1.54, 1.807) is 0 Å². The first kappa shape index (κ1) is 12.0. The third-order valence-corrected chi connectivity index (χ3v) is 3.55. The lowest BCUT2D eigenvalue weighted by atomic mass is 9.99. The van der Waals surface area contributed by atoms with Gasteiger partial charge < -0.3 is 9.94 Å².